The van der Waals surface area contributed by atoms with Crippen LogP contribution in [0.2, 0.25) is 5.02 Å². The Hall–Kier alpha value is -1.42. The number of halogens is 1. The van der Waals surface area contributed by atoms with Gasteiger partial charge in [0.1, 0.15) is 5.84 Å². The first-order valence-electron chi connectivity index (χ1n) is 5.19. The van der Waals surface area contributed by atoms with Crippen LogP contribution in [-0.4, -0.2) is 17.6 Å². The lowest BCUT2D eigenvalue weighted by atomic mass is 10.2. The summed E-state index contributed by atoms with van der Waals surface area (Å²) in [5.41, 5.74) is 6.29. The molecule has 0 aromatic heterocycles. The largest absolute Gasteiger partial charge is 0.409 e. The van der Waals surface area contributed by atoms with Gasteiger partial charge in [0, 0.05) is 13.0 Å². The Morgan fingerprint density at radius 2 is 2.12 bits per heavy atom. The van der Waals surface area contributed by atoms with Crippen LogP contribution >= 0.6 is 11.6 Å². The van der Waals surface area contributed by atoms with Crippen molar-refractivity contribution in [2.24, 2.45) is 10.9 Å². The summed E-state index contributed by atoms with van der Waals surface area (Å²) in [4.78, 5) is 0. The van der Waals surface area contributed by atoms with Crippen molar-refractivity contribution < 1.29 is 5.21 Å². The third kappa shape index (κ3) is 4.40. The molecule has 0 unspecified atom stereocenters. The van der Waals surface area contributed by atoms with Gasteiger partial charge in [0.05, 0.1) is 10.7 Å². The summed E-state index contributed by atoms with van der Waals surface area (Å²) in [6, 6.07) is 7.61. The van der Waals surface area contributed by atoms with Crippen LogP contribution in [0.4, 0.5) is 5.69 Å². The minimum absolute atomic E-state index is 0.276. The van der Waals surface area contributed by atoms with Crippen molar-refractivity contribution in [1.82, 2.24) is 0 Å². The molecular formula is C11H16ClN3O. The average molecular weight is 242 g/mol. The zero-order chi connectivity index (χ0) is 11.8. The van der Waals surface area contributed by atoms with Gasteiger partial charge in [0.2, 0.25) is 0 Å². The number of benzene rings is 1. The zero-order valence-corrected chi connectivity index (χ0v) is 9.74. The first kappa shape index (κ1) is 12.6. The maximum Gasteiger partial charge on any atom is 0.139 e. The van der Waals surface area contributed by atoms with E-state index < -0.39 is 0 Å². The van der Waals surface area contributed by atoms with Gasteiger partial charge >= 0.3 is 0 Å². The molecule has 0 saturated carbocycles. The standard InChI is InChI=1S/C11H16ClN3O/c12-9-5-1-2-6-10(9)14-8-4-3-7-11(13)15-16/h1-2,5-6,14,16H,3-4,7-8H2,(H2,13,15). The monoisotopic (exact) mass is 241 g/mol. The van der Waals surface area contributed by atoms with E-state index in [0.717, 1.165) is 30.1 Å². The molecule has 0 radical (unpaired) electrons. The van der Waals surface area contributed by atoms with Crippen LogP contribution in [0, 0.1) is 0 Å². The Morgan fingerprint density at radius 1 is 1.38 bits per heavy atom. The lowest BCUT2D eigenvalue weighted by molar-refractivity contribution is 0.316. The molecule has 4 N–H and O–H groups in total. The predicted molar refractivity (Wildman–Crippen MR) is 67.2 cm³/mol. The molecule has 16 heavy (non-hydrogen) atoms. The molecule has 0 aliphatic carbocycles. The van der Waals surface area contributed by atoms with Crippen LogP contribution in [0.1, 0.15) is 19.3 Å². The van der Waals surface area contributed by atoms with Gasteiger partial charge in [0.15, 0.2) is 0 Å². The molecule has 88 valence electrons. The van der Waals surface area contributed by atoms with E-state index in [9.17, 15) is 0 Å². The number of rotatable bonds is 6. The van der Waals surface area contributed by atoms with E-state index in [1.807, 2.05) is 24.3 Å². The maximum atomic E-state index is 8.34. The number of unbranched alkanes of at least 4 members (excludes halogenated alkanes) is 1. The smallest absolute Gasteiger partial charge is 0.139 e. The summed E-state index contributed by atoms with van der Waals surface area (Å²) in [7, 11) is 0. The van der Waals surface area contributed by atoms with Crippen LogP contribution in [-0.2, 0) is 0 Å². The molecule has 0 aliphatic rings. The Labute approximate surface area is 100 Å². The summed E-state index contributed by atoms with van der Waals surface area (Å²) in [6.07, 6.45) is 2.44. The van der Waals surface area contributed by atoms with Crippen LogP contribution in [0.3, 0.4) is 0 Å². The van der Waals surface area contributed by atoms with E-state index in [1.54, 1.807) is 0 Å². The minimum atomic E-state index is 0.276. The number of nitrogens with zero attached hydrogens (tertiary/aromatic N) is 1. The van der Waals surface area contributed by atoms with Gasteiger partial charge in [-0.2, -0.15) is 0 Å². The Morgan fingerprint density at radius 3 is 2.81 bits per heavy atom. The second-order valence-electron chi connectivity index (χ2n) is 3.46. The SMILES string of the molecule is NC(CCCCNc1ccccc1Cl)=NO. The number of amidine groups is 1. The summed E-state index contributed by atoms with van der Waals surface area (Å²) in [5, 5.41) is 15.2. The lowest BCUT2D eigenvalue weighted by Crippen LogP contribution is -2.11. The number of nitrogens with two attached hydrogens (primary N) is 1. The number of nitrogens with one attached hydrogen (secondary N) is 1. The van der Waals surface area contributed by atoms with Gasteiger partial charge in [0.25, 0.3) is 0 Å². The van der Waals surface area contributed by atoms with Crippen molar-refractivity contribution in [2.75, 3.05) is 11.9 Å². The van der Waals surface area contributed by atoms with Gasteiger partial charge in [-0.1, -0.05) is 28.9 Å². The van der Waals surface area contributed by atoms with Gasteiger partial charge < -0.3 is 16.3 Å². The molecule has 0 heterocycles. The van der Waals surface area contributed by atoms with E-state index in [-0.39, 0.29) is 5.84 Å². The molecule has 4 nitrogen and oxygen atoms in total. The highest BCUT2D eigenvalue weighted by molar-refractivity contribution is 6.33. The number of oxime groups is 1. The summed E-state index contributed by atoms with van der Waals surface area (Å²) in [5.74, 6) is 0.276. The fourth-order valence-corrected chi connectivity index (χ4v) is 1.51. The van der Waals surface area contributed by atoms with Crippen LogP contribution in [0.5, 0.6) is 0 Å². The molecule has 0 spiro atoms. The van der Waals surface area contributed by atoms with Gasteiger partial charge in [-0.05, 0) is 25.0 Å². The van der Waals surface area contributed by atoms with Gasteiger partial charge in [-0.3, -0.25) is 0 Å². The van der Waals surface area contributed by atoms with Crippen LogP contribution in [0.25, 0.3) is 0 Å². The summed E-state index contributed by atoms with van der Waals surface area (Å²) >= 11 is 5.98. The number of hydrogen-bond donors (Lipinski definition) is 3. The Kier molecular flexibility index (Phi) is 5.50. The zero-order valence-electron chi connectivity index (χ0n) is 8.99. The highest BCUT2D eigenvalue weighted by Gasteiger charge is 1.97. The van der Waals surface area contributed by atoms with Crippen LogP contribution < -0.4 is 11.1 Å². The molecule has 0 fully saturated rings. The molecule has 0 aliphatic heterocycles. The van der Waals surface area contributed by atoms with Crippen molar-refractivity contribution in [1.29, 1.82) is 0 Å². The predicted octanol–water partition coefficient (Wildman–Crippen LogP) is 2.67. The molecule has 0 bridgehead atoms. The number of hydrogen-bond acceptors (Lipinski definition) is 3. The fourth-order valence-electron chi connectivity index (χ4n) is 1.31. The highest BCUT2D eigenvalue weighted by atomic mass is 35.5. The van der Waals surface area contributed by atoms with Crippen molar-refractivity contribution in [3.05, 3.63) is 29.3 Å². The molecule has 5 heteroatoms. The molecule has 0 amide bonds. The van der Waals surface area contributed by atoms with Crippen LogP contribution in [0.15, 0.2) is 29.4 Å². The highest BCUT2D eigenvalue weighted by Crippen LogP contribution is 2.20. The lowest BCUT2D eigenvalue weighted by Gasteiger charge is -2.07. The van der Waals surface area contributed by atoms with Gasteiger partial charge in [-0.15, -0.1) is 0 Å². The minimum Gasteiger partial charge on any atom is -0.409 e. The molecular weight excluding hydrogens is 226 g/mol. The summed E-state index contributed by atoms with van der Waals surface area (Å²) in [6.45, 7) is 0.822. The van der Waals surface area contributed by atoms with E-state index in [1.165, 1.54) is 0 Å². The Balaban J connectivity index is 2.19. The van der Waals surface area contributed by atoms with E-state index in [0.29, 0.717) is 6.42 Å². The quantitative estimate of drug-likeness (QED) is 0.236. The average Bonchev–Trinajstić information content (AvgIpc) is 2.30. The second kappa shape index (κ2) is 6.95. The van der Waals surface area contributed by atoms with Gasteiger partial charge in [-0.25, -0.2) is 0 Å². The van der Waals surface area contributed by atoms with E-state index in [2.05, 4.69) is 10.5 Å². The van der Waals surface area contributed by atoms with Crippen molar-refractivity contribution >= 4 is 23.1 Å². The normalized spacial score (nSPS) is 11.4. The third-order valence-corrected chi connectivity index (χ3v) is 2.51. The number of para-hydroxylation sites is 1. The second-order valence-corrected chi connectivity index (χ2v) is 3.86. The Bertz CT molecular complexity index is 355. The topological polar surface area (TPSA) is 70.6 Å². The van der Waals surface area contributed by atoms with Crippen molar-refractivity contribution in [3.63, 3.8) is 0 Å². The third-order valence-electron chi connectivity index (χ3n) is 2.18. The van der Waals surface area contributed by atoms with Crippen molar-refractivity contribution in [2.45, 2.75) is 19.3 Å². The molecule has 1 rings (SSSR count). The first-order chi connectivity index (χ1) is 7.74. The van der Waals surface area contributed by atoms with E-state index >= 15 is 0 Å². The molecule has 1 aromatic rings. The summed E-state index contributed by atoms with van der Waals surface area (Å²) < 4.78 is 0. The van der Waals surface area contributed by atoms with E-state index in [4.69, 9.17) is 22.5 Å². The number of anilines is 1. The molecule has 1 aromatic carbocycles. The molecule has 0 saturated heterocycles. The first-order valence-corrected chi connectivity index (χ1v) is 5.56. The molecule has 0 atom stereocenters. The van der Waals surface area contributed by atoms with Crippen molar-refractivity contribution in [3.8, 4) is 0 Å². The maximum absolute atomic E-state index is 8.34. The fraction of sp³-hybridized carbons (Fsp3) is 0.364.